The first-order valence-electron chi connectivity index (χ1n) is 8.10. The van der Waals surface area contributed by atoms with Gasteiger partial charge in [0.2, 0.25) is 10.0 Å². The number of rotatable bonds is 5. The van der Waals surface area contributed by atoms with Crippen LogP contribution in [0.25, 0.3) is 0 Å². The SMILES string of the molecule is CSc1ccc(CN2CCN(S(=O)(=O)c3ccccc3Cl)CC2)cc1. The van der Waals surface area contributed by atoms with Crippen molar-refractivity contribution in [2.24, 2.45) is 0 Å². The molecule has 0 unspecified atom stereocenters. The van der Waals surface area contributed by atoms with Crippen molar-refractivity contribution in [1.82, 2.24) is 9.21 Å². The van der Waals surface area contributed by atoms with E-state index in [4.69, 9.17) is 11.6 Å². The van der Waals surface area contributed by atoms with Crippen LogP contribution in [-0.2, 0) is 16.6 Å². The zero-order chi connectivity index (χ0) is 17.9. The number of benzene rings is 2. The predicted octanol–water partition coefficient (Wildman–Crippen LogP) is 3.57. The minimum absolute atomic E-state index is 0.192. The molecule has 1 aliphatic rings. The molecule has 0 spiro atoms. The molecule has 0 bridgehead atoms. The van der Waals surface area contributed by atoms with Crippen LogP contribution in [0.2, 0.25) is 5.02 Å². The van der Waals surface area contributed by atoms with E-state index in [9.17, 15) is 8.42 Å². The molecule has 7 heteroatoms. The van der Waals surface area contributed by atoms with E-state index in [1.54, 1.807) is 36.0 Å². The fraction of sp³-hybridized carbons (Fsp3) is 0.333. The van der Waals surface area contributed by atoms with Gasteiger partial charge in [0.1, 0.15) is 4.90 Å². The normalized spacial score (nSPS) is 16.9. The van der Waals surface area contributed by atoms with Gasteiger partial charge < -0.3 is 0 Å². The lowest BCUT2D eigenvalue weighted by molar-refractivity contribution is 0.181. The van der Waals surface area contributed by atoms with E-state index >= 15 is 0 Å². The third-order valence-electron chi connectivity index (χ3n) is 4.35. The molecule has 0 amide bonds. The van der Waals surface area contributed by atoms with Gasteiger partial charge in [-0.25, -0.2) is 8.42 Å². The van der Waals surface area contributed by atoms with Gasteiger partial charge >= 0.3 is 0 Å². The maximum Gasteiger partial charge on any atom is 0.244 e. The summed E-state index contributed by atoms with van der Waals surface area (Å²) in [6, 6.07) is 15.1. The largest absolute Gasteiger partial charge is 0.296 e. The molecule has 0 radical (unpaired) electrons. The quantitative estimate of drug-likeness (QED) is 0.724. The molecule has 1 heterocycles. The summed E-state index contributed by atoms with van der Waals surface area (Å²) >= 11 is 7.80. The predicted molar refractivity (Wildman–Crippen MR) is 104 cm³/mol. The molecule has 2 aromatic rings. The second-order valence-electron chi connectivity index (χ2n) is 5.96. The van der Waals surface area contributed by atoms with Crippen molar-refractivity contribution in [3.05, 3.63) is 59.1 Å². The van der Waals surface area contributed by atoms with Crippen molar-refractivity contribution in [3.8, 4) is 0 Å². The van der Waals surface area contributed by atoms with Crippen molar-refractivity contribution in [3.63, 3.8) is 0 Å². The molecule has 0 saturated carbocycles. The number of piperazine rings is 1. The fourth-order valence-corrected chi connectivity index (χ4v) is 5.23. The van der Waals surface area contributed by atoms with Crippen molar-refractivity contribution in [2.45, 2.75) is 16.3 Å². The lowest BCUT2D eigenvalue weighted by atomic mass is 10.2. The summed E-state index contributed by atoms with van der Waals surface area (Å²) in [7, 11) is -3.53. The zero-order valence-corrected chi connectivity index (χ0v) is 16.4. The molecule has 3 rings (SSSR count). The van der Waals surface area contributed by atoms with Gasteiger partial charge in [0, 0.05) is 37.6 Å². The van der Waals surface area contributed by atoms with Gasteiger partial charge in [-0.3, -0.25) is 4.90 Å². The molecule has 2 aromatic carbocycles. The monoisotopic (exact) mass is 396 g/mol. The van der Waals surface area contributed by atoms with E-state index in [2.05, 4.69) is 35.4 Å². The summed E-state index contributed by atoms with van der Waals surface area (Å²) in [4.78, 5) is 3.73. The molecule has 1 aliphatic heterocycles. The number of thioether (sulfide) groups is 1. The number of hydrogen-bond donors (Lipinski definition) is 0. The molecule has 134 valence electrons. The van der Waals surface area contributed by atoms with E-state index in [1.165, 1.54) is 14.8 Å². The second-order valence-corrected chi connectivity index (χ2v) is 9.15. The van der Waals surface area contributed by atoms with E-state index in [0.717, 1.165) is 6.54 Å². The molecular weight excluding hydrogens is 376 g/mol. The van der Waals surface area contributed by atoms with Crippen LogP contribution < -0.4 is 0 Å². The fourth-order valence-electron chi connectivity index (χ4n) is 2.91. The Bertz CT molecular complexity index is 817. The third-order valence-corrected chi connectivity index (χ3v) is 7.49. The maximum absolute atomic E-state index is 12.8. The van der Waals surface area contributed by atoms with Crippen LogP contribution in [0.15, 0.2) is 58.3 Å². The van der Waals surface area contributed by atoms with Gasteiger partial charge in [0.05, 0.1) is 5.02 Å². The van der Waals surface area contributed by atoms with Crippen LogP contribution in [0.5, 0.6) is 0 Å². The summed E-state index contributed by atoms with van der Waals surface area (Å²) in [6.07, 6.45) is 2.06. The lowest BCUT2D eigenvalue weighted by Crippen LogP contribution is -2.48. The van der Waals surface area contributed by atoms with Crippen molar-refractivity contribution >= 4 is 33.4 Å². The Morgan fingerprint density at radius 1 is 1.00 bits per heavy atom. The van der Waals surface area contributed by atoms with Crippen molar-refractivity contribution in [1.29, 1.82) is 0 Å². The molecule has 0 aliphatic carbocycles. The van der Waals surface area contributed by atoms with Crippen LogP contribution in [0.1, 0.15) is 5.56 Å². The van der Waals surface area contributed by atoms with E-state index in [0.29, 0.717) is 26.2 Å². The highest BCUT2D eigenvalue weighted by molar-refractivity contribution is 7.98. The number of sulfonamides is 1. The number of halogens is 1. The molecule has 0 N–H and O–H groups in total. The van der Waals surface area contributed by atoms with Crippen LogP contribution in [0, 0.1) is 0 Å². The summed E-state index contributed by atoms with van der Waals surface area (Å²) in [6.45, 7) is 3.24. The van der Waals surface area contributed by atoms with E-state index < -0.39 is 10.0 Å². The first-order valence-corrected chi connectivity index (χ1v) is 11.1. The van der Waals surface area contributed by atoms with E-state index in [1.807, 2.05) is 0 Å². The Hall–Kier alpha value is -1.05. The zero-order valence-electron chi connectivity index (χ0n) is 14.1. The Morgan fingerprint density at radius 3 is 2.24 bits per heavy atom. The average Bonchev–Trinajstić information content (AvgIpc) is 2.63. The minimum Gasteiger partial charge on any atom is -0.296 e. The summed E-state index contributed by atoms with van der Waals surface area (Å²) in [5, 5.41) is 0.277. The highest BCUT2D eigenvalue weighted by atomic mass is 35.5. The van der Waals surface area contributed by atoms with Gasteiger partial charge in [-0.15, -0.1) is 11.8 Å². The Kier molecular flexibility index (Phi) is 6.07. The van der Waals surface area contributed by atoms with Crippen LogP contribution in [0.4, 0.5) is 0 Å². The topological polar surface area (TPSA) is 40.6 Å². The molecule has 4 nitrogen and oxygen atoms in total. The third kappa shape index (κ3) is 4.38. The number of hydrogen-bond acceptors (Lipinski definition) is 4. The molecule has 1 saturated heterocycles. The van der Waals surface area contributed by atoms with Crippen molar-refractivity contribution in [2.75, 3.05) is 32.4 Å². The van der Waals surface area contributed by atoms with Crippen molar-refractivity contribution < 1.29 is 8.42 Å². The molecule has 25 heavy (non-hydrogen) atoms. The smallest absolute Gasteiger partial charge is 0.244 e. The molecule has 0 atom stereocenters. The van der Waals surface area contributed by atoms with E-state index in [-0.39, 0.29) is 9.92 Å². The van der Waals surface area contributed by atoms with Gasteiger partial charge in [-0.2, -0.15) is 4.31 Å². The lowest BCUT2D eigenvalue weighted by Gasteiger charge is -2.34. The Balaban J connectivity index is 1.62. The van der Waals surface area contributed by atoms with Gasteiger partial charge in [0.15, 0.2) is 0 Å². The Morgan fingerprint density at radius 2 is 1.64 bits per heavy atom. The standard InChI is InChI=1S/C18H21ClN2O2S2/c1-24-16-8-6-15(7-9-16)14-20-10-12-21(13-11-20)25(22,23)18-5-3-2-4-17(18)19/h2-9H,10-14H2,1H3. The molecular formula is C18H21ClN2O2S2. The minimum atomic E-state index is -3.53. The van der Waals surface area contributed by atoms with Gasteiger partial charge in [-0.1, -0.05) is 35.9 Å². The summed E-state index contributed by atoms with van der Waals surface area (Å²) in [5.41, 5.74) is 1.25. The second kappa shape index (κ2) is 8.10. The first kappa shape index (κ1) is 18.7. The Labute approximate surface area is 158 Å². The highest BCUT2D eigenvalue weighted by Crippen LogP contribution is 2.25. The number of nitrogens with zero attached hydrogens (tertiary/aromatic N) is 2. The average molecular weight is 397 g/mol. The first-order chi connectivity index (χ1) is 12.0. The van der Waals surface area contributed by atoms with Gasteiger partial charge in [0.25, 0.3) is 0 Å². The summed E-state index contributed by atoms with van der Waals surface area (Å²) < 4.78 is 27.1. The van der Waals surface area contributed by atoms with Crippen LogP contribution in [-0.4, -0.2) is 50.1 Å². The molecule has 1 fully saturated rings. The maximum atomic E-state index is 12.8. The van der Waals surface area contributed by atoms with Gasteiger partial charge in [-0.05, 0) is 36.1 Å². The summed E-state index contributed by atoms with van der Waals surface area (Å²) in [5.74, 6) is 0. The van der Waals surface area contributed by atoms with Crippen LogP contribution in [0.3, 0.4) is 0 Å². The molecule has 0 aromatic heterocycles. The highest BCUT2D eigenvalue weighted by Gasteiger charge is 2.29. The van der Waals surface area contributed by atoms with Crippen LogP contribution >= 0.6 is 23.4 Å².